The normalized spacial score (nSPS) is 11.7. The number of rotatable bonds is 6. The number of anilines is 1. The zero-order chi connectivity index (χ0) is 14.5. The van der Waals surface area contributed by atoms with Crippen molar-refractivity contribution in [2.24, 2.45) is 5.73 Å². The predicted octanol–water partition coefficient (Wildman–Crippen LogP) is 2.64. The van der Waals surface area contributed by atoms with Crippen molar-refractivity contribution in [1.82, 2.24) is 0 Å². The third kappa shape index (κ3) is 4.40. The lowest BCUT2D eigenvalue weighted by atomic mass is 10.1. The number of benzene rings is 1. The van der Waals surface area contributed by atoms with Gasteiger partial charge in [-0.15, -0.1) is 0 Å². The van der Waals surface area contributed by atoms with E-state index in [2.05, 4.69) is 0 Å². The van der Waals surface area contributed by atoms with E-state index in [1.54, 1.807) is 7.11 Å². The molecule has 0 aliphatic rings. The average Bonchev–Trinajstić information content (AvgIpc) is 2.37. The fourth-order valence-corrected chi connectivity index (χ4v) is 1.84. The van der Waals surface area contributed by atoms with Crippen molar-refractivity contribution in [3.63, 3.8) is 0 Å². The van der Waals surface area contributed by atoms with Crippen molar-refractivity contribution >= 4 is 5.69 Å². The molecule has 2 N–H and O–H groups in total. The largest absolute Gasteiger partial charge is 0.416 e. The quantitative estimate of drug-likeness (QED) is 0.812. The molecule has 0 atom stereocenters. The van der Waals surface area contributed by atoms with Crippen LogP contribution in [0.2, 0.25) is 0 Å². The van der Waals surface area contributed by atoms with Crippen LogP contribution >= 0.6 is 0 Å². The van der Waals surface area contributed by atoms with Crippen LogP contribution in [-0.2, 0) is 17.5 Å². The van der Waals surface area contributed by atoms with Crippen molar-refractivity contribution in [2.45, 2.75) is 19.1 Å². The molecule has 0 aliphatic heterocycles. The predicted molar refractivity (Wildman–Crippen MR) is 69.1 cm³/mol. The summed E-state index contributed by atoms with van der Waals surface area (Å²) >= 11 is 0. The molecule has 1 rings (SSSR count). The summed E-state index contributed by atoms with van der Waals surface area (Å²) in [4.78, 5) is 1.89. The van der Waals surface area contributed by atoms with E-state index in [0.29, 0.717) is 13.2 Å². The van der Waals surface area contributed by atoms with Crippen LogP contribution in [0.5, 0.6) is 0 Å². The number of hydrogen-bond acceptors (Lipinski definition) is 3. The van der Waals surface area contributed by atoms with Crippen LogP contribution < -0.4 is 10.6 Å². The van der Waals surface area contributed by atoms with Gasteiger partial charge in [-0.05, 0) is 30.2 Å². The number of hydrogen-bond donors (Lipinski definition) is 1. The molecule has 0 bridgehead atoms. The minimum atomic E-state index is -4.36. The number of ether oxygens (including phenoxy) is 1. The fraction of sp³-hybridized carbons (Fsp3) is 0.538. The zero-order valence-electron chi connectivity index (χ0n) is 11.1. The van der Waals surface area contributed by atoms with Gasteiger partial charge in [0.15, 0.2) is 0 Å². The van der Waals surface area contributed by atoms with Gasteiger partial charge in [0.1, 0.15) is 0 Å². The monoisotopic (exact) mass is 276 g/mol. The number of halogens is 3. The van der Waals surface area contributed by atoms with Gasteiger partial charge >= 0.3 is 6.18 Å². The molecule has 0 amide bonds. The topological polar surface area (TPSA) is 38.5 Å². The van der Waals surface area contributed by atoms with Gasteiger partial charge in [-0.1, -0.05) is 0 Å². The van der Waals surface area contributed by atoms with E-state index >= 15 is 0 Å². The highest BCUT2D eigenvalue weighted by Gasteiger charge is 2.32. The Hall–Kier alpha value is -1.27. The molecule has 3 nitrogen and oxygen atoms in total. The first-order valence-corrected chi connectivity index (χ1v) is 6.00. The second kappa shape index (κ2) is 6.77. The Morgan fingerprint density at radius 2 is 2.00 bits per heavy atom. The summed E-state index contributed by atoms with van der Waals surface area (Å²) < 4.78 is 43.1. The second-order valence-electron chi connectivity index (χ2n) is 4.31. The lowest BCUT2D eigenvalue weighted by Crippen LogP contribution is -2.21. The van der Waals surface area contributed by atoms with Crippen molar-refractivity contribution in [2.75, 3.05) is 32.2 Å². The molecule has 1 aromatic rings. The maximum absolute atomic E-state index is 12.7. The van der Waals surface area contributed by atoms with Gasteiger partial charge in [0.25, 0.3) is 0 Å². The highest BCUT2D eigenvalue weighted by atomic mass is 19.4. The molecule has 0 aromatic heterocycles. The Morgan fingerprint density at radius 3 is 2.53 bits per heavy atom. The lowest BCUT2D eigenvalue weighted by Gasteiger charge is -2.21. The van der Waals surface area contributed by atoms with Crippen LogP contribution in [0.1, 0.15) is 17.5 Å². The Morgan fingerprint density at radius 1 is 1.32 bits per heavy atom. The van der Waals surface area contributed by atoms with Gasteiger partial charge < -0.3 is 15.4 Å². The molecular formula is C13H19F3N2O. The first-order valence-electron chi connectivity index (χ1n) is 6.00. The Bertz CT molecular complexity index is 407. The molecule has 0 radical (unpaired) electrons. The average molecular weight is 276 g/mol. The highest BCUT2D eigenvalue weighted by Crippen LogP contribution is 2.33. The van der Waals surface area contributed by atoms with Crippen LogP contribution in [0.3, 0.4) is 0 Å². The Kier molecular flexibility index (Phi) is 5.62. The van der Waals surface area contributed by atoms with E-state index in [9.17, 15) is 13.2 Å². The third-order valence-electron chi connectivity index (χ3n) is 2.90. The molecule has 0 saturated carbocycles. The Labute approximate surface area is 111 Å². The number of nitrogens with zero attached hydrogens (tertiary/aromatic N) is 1. The molecule has 19 heavy (non-hydrogen) atoms. The highest BCUT2D eigenvalue weighted by molar-refractivity contribution is 5.51. The van der Waals surface area contributed by atoms with Gasteiger partial charge in [0, 0.05) is 39.5 Å². The van der Waals surface area contributed by atoms with Crippen LogP contribution in [0.25, 0.3) is 0 Å². The lowest BCUT2D eigenvalue weighted by molar-refractivity contribution is -0.138. The molecule has 1 aromatic carbocycles. The SMILES string of the molecule is COCCCN(C)c1ccc(C(F)(F)F)c(CN)c1. The maximum atomic E-state index is 12.7. The maximum Gasteiger partial charge on any atom is 0.416 e. The van der Waals surface area contributed by atoms with E-state index in [4.69, 9.17) is 10.5 Å². The van der Waals surface area contributed by atoms with Gasteiger partial charge in [-0.2, -0.15) is 13.2 Å². The van der Waals surface area contributed by atoms with E-state index < -0.39 is 11.7 Å². The summed E-state index contributed by atoms with van der Waals surface area (Å²) in [5, 5.41) is 0. The fourth-order valence-electron chi connectivity index (χ4n) is 1.84. The number of methoxy groups -OCH3 is 1. The van der Waals surface area contributed by atoms with Crippen LogP contribution in [0, 0.1) is 0 Å². The molecule has 0 saturated heterocycles. The number of nitrogens with two attached hydrogens (primary N) is 1. The molecule has 108 valence electrons. The molecule has 6 heteroatoms. The zero-order valence-corrected chi connectivity index (χ0v) is 11.1. The van der Waals surface area contributed by atoms with E-state index in [0.717, 1.165) is 18.2 Å². The summed E-state index contributed by atoms with van der Waals surface area (Å²) in [6, 6.07) is 4.05. The van der Waals surface area contributed by atoms with E-state index in [-0.39, 0.29) is 12.1 Å². The minimum absolute atomic E-state index is 0.114. The molecule has 0 heterocycles. The van der Waals surface area contributed by atoms with Crippen molar-refractivity contribution in [3.05, 3.63) is 29.3 Å². The summed E-state index contributed by atoms with van der Waals surface area (Å²) in [5.41, 5.74) is 5.58. The molecule has 0 aliphatic carbocycles. The standard InChI is InChI=1S/C13H19F3N2O/c1-18(6-3-7-19-2)11-4-5-12(13(14,15)16)10(8-11)9-17/h4-5,8H,3,6-7,9,17H2,1-2H3. The van der Waals surface area contributed by atoms with Crippen LogP contribution in [-0.4, -0.2) is 27.3 Å². The smallest absolute Gasteiger partial charge is 0.385 e. The summed E-state index contributed by atoms with van der Waals surface area (Å²) in [6.07, 6.45) is -3.55. The van der Waals surface area contributed by atoms with Crippen molar-refractivity contribution < 1.29 is 17.9 Å². The molecule has 0 fully saturated rings. The van der Waals surface area contributed by atoms with Gasteiger partial charge in [0.05, 0.1) is 5.56 Å². The molecule has 0 spiro atoms. The molecular weight excluding hydrogens is 257 g/mol. The van der Waals surface area contributed by atoms with Crippen molar-refractivity contribution in [1.29, 1.82) is 0 Å². The first-order chi connectivity index (χ1) is 8.90. The van der Waals surface area contributed by atoms with Crippen LogP contribution in [0.4, 0.5) is 18.9 Å². The summed E-state index contributed by atoms with van der Waals surface area (Å²) in [7, 11) is 3.45. The van der Waals surface area contributed by atoms with Gasteiger partial charge in [-0.25, -0.2) is 0 Å². The van der Waals surface area contributed by atoms with Crippen molar-refractivity contribution in [3.8, 4) is 0 Å². The van der Waals surface area contributed by atoms with Gasteiger partial charge in [0.2, 0.25) is 0 Å². The van der Waals surface area contributed by atoms with E-state index in [1.165, 1.54) is 12.1 Å². The third-order valence-corrected chi connectivity index (χ3v) is 2.90. The van der Waals surface area contributed by atoms with Crippen LogP contribution in [0.15, 0.2) is 18.2 Å². The van der Waals surface area contributed by atoms with E-state index in [1.807, 2.05) is 11.9 Å². The second-order valence-corrected chi connectivity index (χ2v) is 4.31. The Balaban J connectivity index is 2.87. The summed E-state index contributed by atoms with van der Waals surface area (Å²) in [5.74, 6) is 0. The van der Waals surface area contributed by atoms with Gasteiger partial charge in [-0.3, -0.25) is 0 Å². The minimum Gasteiger partial charge on any atom is -0.385 e. The summed E-state index contributed by atoms with van der Waals surface area (Å²) in [6.45, 7) is 1.20. The molecule has 0 unspecified atom stereocenters. The number of alkyl halides is 3. The first kappa shape index (κ1) is 15.8.